The van der Waals surface area contributed by atoms with E-state index in [1.54, 1.807) is 12.1 Å². The average molecular weight is 288 g/mol. The Morgan fingerprint density at radius 1 is 1.43 bits per heavy atom. The molecule has 1 aliphatic rings. The van der Waals surface area contributed by atoms with E-state index in [9.17, 15) is 10.1 Å². The highest BCUT2D eigenvalue weighted by Crippen LogP contribution is 2.35. The first-order valence-electron chi connectivity index (χ1n) is 7.08. The van der Waals surface area contributed by atoms with Crippen LogP contribution in [0.1, 0.15) is 31.2 Å². The first-order valence-corrected chi connectivity index (χ1v) is 7.08. The average Bonchev–Trinajstić information content (AvgIpc) is 2.95. The lowest BCUT2D eigenvalue weighted by Crippen LogP contribution is -2.47. The third-order valence-electron chi connectivity index (χ3n) is 4.41. The fourth-order valence-corrected chi connectivity index (χ4v) is 2.98. The van der Waals surface area contributed by atoms with Gasteiger partial charge in [-0.25, -0.2) is 0 Å². The van der Waals surface area contributed by atoms with E-state index in [1.165, 1.54) is 18.9 Å². The molecule has 0 unspecified atom stereocenters. The first kappa shape index (κ1) is 15.3. The Morgan fingerprint density at radius 2 is 2.10 bits per heavy atom. The Labute approximate surface area is 124 Å². The van der Waals surface area contributed by atoms with Crippen molar-refractivity contribution in [2.24, 2.45) is 0 Å². The number of nitrogens with zero attached hydrogens (tertiary/aromatic N) is 3. The molecule has 1 saturated carbocycles. The molecule has 0 spiro atoms. The Morgan fingerprint density at radius 3 is 2.62 bits per heavy atom. The molecule has 0 saturated heterocycles. The van der Waals surface area contributed by atoms with Crippen molar-refractivity contribution in [3.8, 4) is 6.07 Å². The molecule has 0 bridgehead atoms. The van der Waals surface area contributed by atoms with Gasteiger partial charge in [-0.1, -0.05) is 12.8 Å². The second-order valence-corrected chi connectivity index (χ2v) is 5.78. The molecule has 0 radical (unpaired) electrons. The summed E-state index contributed by atoms with van der Waals surface area (Å²) in [5, 5.41) is 23.2. The Hall–Kier alpha value is -2.13. The van der Waals surface area contributed by atoms with Crippen LogP contribution in [0.25, 0.3) is 0 Å². The van der Waals surface area contributed by atoms with Gasteiger partial charge >= 0.3 is 0 Å². The minimum atomic E-state index is -0.444. The summed E-state index contributed by atoms with van der Waals surface area (Å²) in [6.07, 6.45) is 4.57. The number of benzene rings is 1. The number of anilines is 1. The highest BCUT2D eigenvalue weighted by molar-refractivity contribution is 5.64. The second-order valence-electron chi connectivity index (χ2n) is 5.78. The minimum Gasteiger partial charge on any atom is -0.378 e. The number of hydrogen-bond donors (Lipinski definition) is 1. The van der Waals surface area contributed by atoms with Crippen molar-refractivity contribution in [3.05, 3.63) is 33.9 Å². The van der Waals surface area contributed by atoms with E-state index in [2.05, 4.69) is 24.3 Å². The maximum Gasteiger partial charge on any atom is 0.293 e. The molecule has 1 aliphatic carbocycles. The molecule has 112 valence electrons. The maximum atomic E-state index is 11.1. The van der Waals surface area contributed by atoms with E-state index in [4.69, 9.17) is 5.26 Å². The second kappa shape index (κ2) is 6.10. The van der Waals surface area contributed by atoms with Gasteiger partial charge in [0.2, 0.25) is 0 Å². The van der Waals surface area contributed by atoms with Gasteiger partial charge in [-0.3, -0.25) is 10.1 Å². The fraction of sp³-hybridized carbons (Fsp3) is 0.533. The zero-order valence-corrected chi connectivity index (χ0v) is 12.4. The largest absolute Gasteiger partial charge is 0.378 e. The van der Waals surface area contributed by atoms with Gasteiger partial charge in [0, 0.05) is 18.2 Å². The van der Waals surface area contributed by atoms with Crippen LogP contribution in [0.15, 0.2) is 18.2 Å². The normalized spacial score (nSPS) is 16.7. The number of nitro benzene ring substituents is 1. The summed E-state index contributed by atoms with van der Waals surface area (Å²) < 4.78 is 0. The lowest BCUT2D eigenvalue weighted by molar-refractivity contribution is -0.384. The molecule has 2 rings (SSSR count). The number of rotatable bonds is 5. The van der Waals surface area contributed by atoms with Crippen molar-refractivity contribution in [1.29, 1.82) is 5.26 Å². The molecule has 0 aliphatic heterocycles. The van der Waals surface area contributed by atoms with Crippen LogP contribution >= 0.6 is 0 Å². The van der Waals surface area contributed by atoms with Crippen LogP contribution in [0, 0.1) is 21.4 Å². The molecule has 21 heavy (non-hydrogen) atoms. The lowest BCUT2D eigenvalue weighted by Gasteiger charge is -2.36. The van der Waals surface area contributed by atoms with E-state index in [-0.39, 0.29) is 11.2 Å². The minimum absolute atomic E-state index is 0.0408. The molecule has 6 nitrogen and oxygen atoms in total. The van der Waals surface area contributed by atoms with Crippen LogP contribution in [0.3, 0.4) is 0 Å². The van der Waals surface area contributed by atoms with Crippen molar-refractivity contribution >= 4 is 11.4 Å². The molecule has 0 atom stereocenters. The van der Waals surface area contributed by atoms with Gasteiger partial charge in [-0.2, -0.15) is 5.26 Å². The van der Waals surface area contributed by atoms with E-state index < -0.39 is 4.92 Å². The van der Waals surface area contributed by atoms with Gasteiger partial charge in [-0.15, -0.1) is 0 Å². The SMILES string of the molecule is CN(C)C1(CNc2ccc(C#N)cc2[N+](=O)[O-])CCCC1. The Balaban J connectivity index is 2.20. The summed E-state index contributed by atoms with van der Waals surface area (Å²) in [5.41, 5.74) is 0.797. The highest BCUT2D eigenvalue weighted by Gasteiger charge is 2.36. The van der Waals surface area contributed by atoms with E-state index >= 15 is 0 Å². The molecule has 1 fully saturated rings. The molecule has 0 amide bonds. The molecule has 0 heterocycles. The summed E-state index contributed by atoms with van der Waals surface area (Å²) >= 11 is 0. The topological polar surface area (TPSA) is 82.2 Å². The van der Waals surface area contributed by atoms with E-state index in [0.717, 1.165) is 12.8 Å². The van der Waals surface area contributed by atoms with Gasteiger partial charge in [0.1, 0.15) is 5.69 Å². The summed E-state index contributed by atoms with van der Waals surface area (Å²) in [5.74, 6) is 0. The molecule has 1 N–H and O–H groups in total. The zero-order valence-electron chi connectivity index (χ0n) is 12.4. The van der Waals surface area contributed by atoms with E-state index in [1.807, 2.05) is 6.07 Å². The van der Waals surface area contributed by atoms with Crippen LogP contribution in [0.4, 0.5) is 11.4 Å². The predicted molar refractivity (Wildman–Crippen MR) is 81.2 cm³/mol. The number of nitrogens with one attached hydrogen (secondary N) is 1. The summed E-state index contributed by atoms with van der Waals surface area (Å²) in [6, 6.07) is 6.47. The molecule has 1 aromatic rings. The van der Waals surface area contributed by atoms with Gasteiger partial charge in [0.15, 0.2) is 0 Å². The number of nitriles is 1. The van der Waals surface area contributed by atoms with Crippen LogP contribution < -0.4 is 5.32 Å². The zero-order chi connectivity index (χ0) is 15.5. The van der Waals surface area contributed by atoms with Crippen molar-refractivity contribution < 1.29 is 4.92 Å². The number of hydrogen-bond acceptors (Lipinski definition) is 5. The van der Waals surface area contributed by atoms with Crippen molar-refractivity contribution in [3.63, 3.8) is 0 Å². The molecule has 6 heteroatoms. The lowest BCUT2D eigenvalue weighted by atomic mass is 9.96. The van der Waals surface area contributed by atoms with Crippen LogP contribution in [0.2, 0.25) is 0 Å². The number of nitro groups is 1. The smallest absolute Gasteiger partial charge is 0.293 e. The van der Waals surface area contributed by atoms with Crippen LogP contribution in [-0.2, 0) is 0 Å². The Bertz CT molecular complexity index is 572. The maximum absolute atomic E-state index is 11.1. The molecule has 1 aromatic carbocycles. The summed E-state index contributed by atoms with van der Waals surface area (Å²) in [7, 11) is 4.11. The monoisotopic (exact) mass is 288 g/mol. The van der Waals surface area contributed by atoms with Crippen LogP contribution in [0.5, 0.6) is 0 Å². The Kier molecular flexibility index (Phi) is 4.43. The quantitative estimate of drug-likeness (QED) is 0.665. The third-order valence-corrected chi connectivity index (χ3v) is 4.41. The number of likely N-dealkylation sites (N-methyl/N-ethyl adjacent to an activating group) is 1. The first-order chi connectivity index (χ1) is 9.98. The standard InChI is InChI=1S/C15H20N4O2/c1-18(2)15(7-3-4-8-15)11-17-13-6-5-12(10-16)9-14(13)19(20)21/h5-6,9,17H,3-4,7-8,11H2,1-2H3. The van der Waals surface area contributed by atoms with E-state index in [0.29, 0.717) is 17.8 Å². The molecule has 0 aromatic heterocycles. The summed E-state index contributed by atoms with van der Waals surface area (Å²) in [6.45, 7) is 0.673. The van der Waals surface area contributed by atoms with Crippen LogP contribution in [-0.4, -0.2) is 36.0 Å². The molecular weight excluding hydrogens is 268 g/mol. The van der Waals surface area contributed by atoms with Gasteiger partial charge in [0.05, 0.1) is 16.6 Å². The van der Waals surface area contributed by atoms with Gasteiger partial charge < -0.3 is 10.2 Å². The van der Waals surface area contributed by atoms with Crippen molar-refractivity contribution in [1.82, 2.24) is 4.90 Å². The summed E-state index contributed by atoms with van der Waals surface area (Å²) in [4.78, 5) is 12.9. The third kappa shape index (κ3) is 3.14. The van der Waals surface area contributed by atoms with Gasteiger partial charge in [0.25, 0.3) is 5.69 Å². The van der Waals surface area contributed by atoms with Crippen molar-refractivity contribution in [2.45, 2.75) is 31.2 Å². The van der Waals surface area contributed by atoms with Crippen molar-refractivity contribution in [2.75, 3.05) is 26.0 Å². The highest BCUT2D eigenvalue weighted by atomic mass is 16.6. The molecular formula is C15H20N4O2. The predicted octanol–water partition coefficient (Wildman–Crippen LogP) is 2.75. The van der Waals surface area contributed by atoms with Gasteiger partial charge in [-0.05, 0) is 39.1 Å². The fourth-order valence-electron chi connectivity index (χ4n) is 2.98.